The van der Waals surface area contributed by atoms with Crippen LogP contribution in [0.5, 0.6) is 5.75 Å². The summed E-state index contributed by atoms with van der Waals surface area (Å²) in [6, 6.07) is 13.6. The number of nitrogens with zero attached hydrogens (tertiary/aromatic N) is 1. The Bertz CT molecular complexity index is 984. The topological polar surface area (TPSA) is 87.1 Å². The van der Waals surface area contributed by atoms with E-state index in [4.69, 9.17) is 4.74 Å². The molecule has 1 unspecified atom stereocenters. The van der Waals surface area contributed by atoms with E-state index in [-0.39, 0.29) is 29.9 Å². The van der Waals surface area contributed by atoms with Gasteiger partial charge in [0.15, 0.2) is 0 Å². The van der Waals surface area contributed by atoms with E-state index in [1.165, 1.54) is 4.90 Å². The highest BCUT2D eigenvalue weighted by Gasteiger charge is 2.45. The molecule has 1 atom stereocenters. The number of rotatable bonds is 6. The van der Waals surface area contributed by atoms with Crippen molar-refractivity contribution in [3.05, 3.63) is 70.8 Å². The lowest BCUT2D eigenvalue weighted by molar-refractivity contribution is -0.140. The monoisotopic (exact) mass is 423 g/mol. The summed E-state index contributed by atoms with van der Waals surface area (Å²) in [6.45, 7) is 8.41. The van der Waals surface area contributed by atoms with E-state index >= 15 is 0 Å². The lowest BCUT2D eigenvalue weighted by Gasteiger charge is -2.26. The number of amides is 1. The van der Waals surface area contributed by atoms with Gasteiger partial charge in [0.1, 0.15) is 11.5 Å². The van der Waals surface area contributed by atoms with Crippen molar-refractivity contribution in [2.45, 2.75) is 39.2 Å². The number of hydrogen-bond acceptors (Lipinski definition) is 5. The Morgan fingerprint density at radius 3 is 2.16 bits per heavy atom. The molecular formula is C25H29NO5. The minimum atomic E-state index is -0.771. The molecule has 1 amide bonds. The van der Waals surface area contributed by atoms with Crippen molar-refractivity contribution in [2.75, 3.05) is 19.8 Å². The molecular weight excluding hydrogens is 394 g/mol. The molecule has 164 valence electrons. The quantitative estimate of drug-likeness (QED) is 0.419. The maximum atomic E-state index is 12.9. The highest BCUT2D eigenvalue weighted by atomic mass is 16.5. The maximum Gasteiger partial charge on any atom is 0.295 e. The lowest BCUT2D eigenvalue weighted by Crippen LogP contribution is -2.32. The zero-order valence-corrected chi connectivity index (χ0v) is 18.4. The first-order valence-corrected chi connectivity index (χ1v) is 10.4. The summed E-state index contributed by atoms with van der Waals surface area (Å²) in [7, 11) is 0. The summed E-state index contributed by atoms with van der Waals surface area (Å²) in [5, 5.41) is 20.5. The van der Waals surface area contributed by atoms with Gasteiger partial charge in [-0.1, -0.05) is 45.0 Å². The van der Waals surface area contributed by atoms with Gasteiger partial charge >= 0.3 is 0 Å². The fourth-order valence-electron chi connectivity index (χ4n) is 3.76. The van der Waals surface area contributed by atoms with E-state index < -0.39 is 17.7 Å². The fraction of sp³-hybridized carbons (Fsp3) is 0.360. The molecule has 0 aliphatic carbocycles. The molecule has 1 aliphatic heterocycles. The number of aliphatic hydroxyl groups is 2. The first-order valence-electron chi connectivity index (χ1n) is 10.4. The standard InChI is InChI=1S/C25H29NO5/c1-5-31-19-12-8-17(9-13-19)22(28)20-21(26(14-15-27)24(30)23(20)29)16-6-10-18(11-7-16)25(2,3)4/h6-13,21,27-28H,5,14-15H2,1-4H3/b22-20-. The molecule has 1 fully saturated rings. The molecule has 2 N–H and O–H groups in total. The van der Waals surface area contributed by atoms with Crippen LogP contribution in [0.25, 0.3) is 5.76 Å². The van der Waals surface area contributed by atoms with Crippen molar-refractivity contribution in [3.63, 3.8) is 0 Å². The molecule has 3 rings (SSSR count). The molecule has 0 radical (unpaired) electrons. The number of Topliss-reactive ketones (excluding diaryl/α,β-unsaturated/α-hetero) is 1. The summed E-state index contributed by atoms with van der Waals surface area (Å²) in [6.07, 6.45) is 0. The number of β-amino-alcohol motifs (C(OH)–C–C–N with tert-alkyl or cyclic N) is 1. The van der Waals surface area contributed by atoms with Crippen LogP contribution in [-0.2, 0) is 15.0 Å². The predicted octanol–water partition coefficient (Wildman–Crippen LogP) is 3.80. The summed E-state index contributed by atoms with van der Waals surface area (Å²) in [5.74, 6) is -1.09. The van der Waals surface area contributed by atoms with Crippen molar-refractivity contribution in [2.24, 2.45) is 0 Å². The third kappa shape index (κ3) is 4.49. The first kappa shape index (κ1) is 22.6. The smallest absolute Gasteiger partial charge is 0.295 e. The average Bonchev–Trinajstić information content (AvgIpc) is 2.99. The van der Waals surface area contributed by atoms with Crippen LogP contribution in [0.4, 0.5) is 0 Å². The van der Waals surface area contributed by atoms with E-state index in [1.807, 2.05) is 31.2 Å². The van der Waals surface area contributed by atoms with Gasteiger partial charge in [0.25, 0.3) is 11.7 Å². The third-order valence-corrected chi connectivity index (χ3v) is 5.41. The number of benzene rings is 2. The number of ether oxygens (including phenoxy) is 1. The molecule has 2 aromatic carbocycles. The van der Waals surface area contributed by atoms with Crippen LogP contribution in [-0.4, -0.2) is 46.6 Å². The number of carbonyl (C=O) groups is 2. The second kappa shape index (κ2) is 8.94. The summed E-state index contributed by atoms with van der Waals surface area (Å²) in [4.78, 5) is 26.9. The number of likely N-dealkylation sites (tertiary alicyclic amines) is 1. The third-order valence-electron chi connectivity index (χ3n) is 5.41. The second-order valence-electron chi connectivity index (χ2n) is 8.55. The zero-order valence-electron chi connectivity index (χ0n) is 18.4. The zero-order chi connectivity index (χ0) is 22.8. The van der Waals surface area contributed by atoms with Gasteiger partial charge < -0.3 is 19.8 Å². The molecule has 1 heterocycles. The van der Waals surface area contributed by atoms with Crippen molar-refractivity contribution in [3.8, 4) is 5.75 Å². The molecule has 0 bridgehead atoms. The Labute approximate surface area is 182 Å². The van der Waals surface area contributed by atoms with E-state index in [0.717, 1.165) is 5.56 Å². The molecule has 1 aliphatic rings. The Balaban J connectivity index is 2.10. The predicted molar refractivity (Wildman–Crippen MR) is 119 cm³/mol. The van der Waals surface area contributed by atoms with Crippen molar-refractivity contribution < 1.29 is 24.5 Å². The number of carbonyl (C=O) groups excluding carboxylic acids is 2. The SMILES string of the molecule is CCOc1ccc(/C(O)=C2/C(=O)C(=O)N(CCO)C2c2ccc(C(C)(C)C)cc2)cc1. The van der Waals surface area contributed by atoms with Crippen LogP contribution >= 0.6 is 0 Å². The minimum absolute atomic E-state index is 0.00365. The fourth-order valence-corrected chi connectivity index (χ4v) is 3.76. The van der Waals surface area contributed by atoms with Gasteiger partial charge in [-0.05, 0) is 47.7 Å². The van der Waals surface area contributed by atoms with Crippen LogP contribution in [0.2, 0.25) is 0 Å². The summed E-state index contributed by atoms with van der Waals surface area (Å²) >= 11 is 0. The number of aliphatic hydroxyl groups excluding tert-OH is 2. The Morgan fingerprint density at radius 2 is 1.65 bits per heavy atom. The van der Waals surface area contributed by atoms with E-state index in [9.17, 15) is 19.8 Å². The van der Waals surface area contributed by atoms with Gasteiger partial charge in [-0.15, -0.1) is 0 Å². The highest BCUT2D eigenvalue weighted by Crippen LogP contribution is 2.39. The summed E-state index contributed by atoms with van der Waals surface area (Å²) < 4.78 is 5.43. The van der Waals surface area contributed by atoms with Gasteiger partial charge in [-0.2, -0.15) is 0 Å². The first-order chi connectivity index (χ1) is 14.7. The van der Waals surface area contributed by atoms with Gasteiger partial charge in [-0.25, -0.2) is 0 Å². The Morgan fingerprint density at radius 1 is 1.03 bits per heavy atom. The molecule has 0 spiro atoms. The van der Waals surface area contributed by atoms with E-state index in [1.54, 1.807) is 24.3 Å². The van der Waals surface area contributed by atoms with Crippen LogP contribution in [0.15, 0.2) is 54.1 Å². The lowest BCUT2D eigenvalue weighted by atomic mass is 9.85. The normalized spacial score (nSPS) is 18.5. The molecule has 2 aromatic rings. The largest absolute Gasteiger partial charge is 0.507 e. The summed E-state index contributed by atoms with van der Waals surface area (Å²) in [5.41, 5.74) is 2.20. The van der Waals surface area contributed by atoms with Crippen molar-refractivity contribution in [1.29, 1.82) is 0 Å². The molecule has 31 heavy (non-hydrogen) atoms. The van der Waals surface area contributed by atoms with Crippen LogP contribution in [0.3, 0.4) is 0 Å². The van der Waals surface area contributed by atoms with Crippen LogP contribution < -0.4 is 4.74 Å². The van der Waals surface area contributed by atoms with Gasteiger partial charge in [-0.3, -0.25) is 9.59 Å². The van der Waals surface area contributed by atoms with E-state index in [0.29, 0.717) is 23.5 Å². The average molecular weight is 424 g/mol. The van der Waals surface area contributed by atoms with Crippen LogP contribution in [0, 0.1) is 0 Å². The van der Waals surface area contributed by atoms with Crippen molar-refractivity contribution in [1.82, 2.24) is 4.90 Å². The second-order valence-corrected chi connectivity index (χ2v) is 8.55. The van der Waals surface area contributed by atoms with Crippen LogP contribution in [0.1, 0.15) is 50.4 Å². The Hall–Kier alpha value is -3.12. The molecule has 6 heteroatoms. The minimum Gasteiger partial charge on any atom is -0.507 e. The Kier molecular flexibility index (Phi) is 6.51. The number of hydrogen-bond donors (Lipinski definition) is 2. The number of ketones is 1. The maximum absolute atomic E-state index is 12.9. The van der Waals surface area contributed by atoms with Gasteiger partial charge in [0.05, 0.1) is 24.8 Å². The van der Waals surface area contributed by atoms with Crippen molar-refractivity contribution >= 4 is 17.4 Å². The molecule has 0 aromatic heterocycles. The molecule has 6 nitrogen and oxygen atoms in total. The van der Waals surface area contributed by atoms with E-state index in [2.05, 4.69) is 20.8 Å². The molecule has 1 saturated heterocycles. The molecule has 0 saturated carbocycles. The van der Waals surface area contributed by atoms with Gasteiger partial charge in [0.2, 0.25) is 0 Å². The highest BCUT2D eigenvalue weighted by molar-refractivity contribution is 6.46. The van der Waals surface area contributed by atoms with Gasteiger partial charge in [0, 0.05) is 12.1 Å².